The topological polar surface area (TPSA) is 125 Å². The van der Waals surface area contributed by atoms with Gasteiger partial charge in [-0.15, -0.1) is 0 Å². The molecule has 0 aliphatic carbocycles. The van der Waals surface area contributed by atoms with E-state index in [1.807, 2.05) is 0 Å². The van der Waals surface area contributed by atoms with Crippen LogP contribution in [0, 0.1) is 5.41 Å². The van der Waals surface area contributed by atoms with E-state index in [9.17, 15) is 23.1 Å². The zero-order valence-corrected chi connectivity index (χ0v) is 17.6. The number of carbonyl (C=O) groups excluding carboxylic acids is 2. The van der Waals surface area contributed by atoms with Crippen molar-refractivity contribution in [2.24, 2.45) is 0 Å². The predicted molar refractivity (Wildman–Crippen MR) is 112 cm³/mol. The Morgan fingerprint density at radius 1 is 1.03 bits per heavy atom. The van der Waals surface area contributed by atoms with Crippen molar-refractivity contribution in [3.8, 4) is 0 Å². The molecule has 0 aliphatic rings. The minimum atomic E-state index is -4.08. The summed E-state index contributed by atoms with van der Waals surface area (Å²) in [5.74, 6) is -2.12. The van der Waals surface area contributed by atoms with Crippen LogP contribution in [0.3, 0.4) is 0 Å². The van der Waals surface area contributed by atoms with Crippen molar-refractivity contribution in [3.05, 3.63) is 71.5 Å². The van der Waals surface area contributed by atoms with Gasteiger partial charge in [0.1, 0.15) is 17.3 Å². The van der Waals surface area contributed by atoms with Gasteiger partial charge in [-0.25, -0.2) is 13.2 Å². The molecule has 0 saturated carbocycles. The normalized spacial score (nSPS) is 12.0. The highest BCUT2D eigenvalue weighted by Gasteiger charge is 2.27. The highest BCUT2D eigenvalue weighted by Crippen LogP contribution is 2.25. The van der Waals surface area contributed by atoms with Crippen LogP contribution in [0.5, 0.6) is 0 Å². The Morgan fingerprint density at radius 2 is 1.60 bits per heavy atom. The number of hydrogen-bond donors (Lipinski definition) is 2. The molecule has 2 aromatic rings. The van der Waals surface area contributed by atoms with Gasteiger partial charge in [-0.2, -0.15) is 0 Å². The number of nitrogens with zero attached hydrogens (tertiary/aromatic N) is 1. The molecule has 2 N–H and O–H groups in total. The van der Waals surface area contributed by atoms with E-state index in [0.717, 1.165) is 4.31 Å². The van der Waals surface area contributed by atoms with Gasteiger partial charge in [0, 0.05) is 12.8 Å². The number of aliphatic hydroxyl groups is 1. The minimum absolute atomic E-state index is 0.177. The Labute approximate surface area is 175 Å². The summed E-state index contributed by atoms with van der Waals surface area (Å²) in [5.41, 5.74) is -0.242. The van der Waals surface area contributed by atoms with Crippen molar-refractivity contribution in [1.82, 2.24) is 0 Å². The second kappa shape index (κ2) is 9.36. The quantitative estimate of drug-likeness (QED) is 0.287. The zero-order valence-electron chi connectivity index (χ0n) is 16.7. The third-order valence-electron chi connectivity index (χ3n) is 4.22. The smallest absolute Gasteiger partial charge is 0.339 e. The molecule has 0 radical (unpaired) electrons. The van der Waals surface area contributed by atoms with E-state index in [4.69, 9.17) is 10.1 Å². The number of benzene rings is 2. The van der Waals surface area contributed by atoms with E-state index < -0.39 is 34.1 Å². The molecule has 0 spiro atoms. The largest absolute Gasteiger partial charge is 0.508 e. The van der Waals surface area contributed by atoms with E-state index in [0.29, 0.717) is 5.69 Å². The lowest BCUT2D eigenvalue weighted by Crippen LogP contribution is -2.28. The van der Waals surface area contributed by atoms with E-state index >= 15 is 0 Å². The van der Waals surface area contributed by atoms with Crippen molar-refractivity contribution in [2.75, 3.05) is 18.0 Å². The summed E-state index contributed by atoms with van der Waals surface area (Å²) in [4.78, 5) is 23.8. The van der Waals surface area contributed by atoms with E-state index in [1.54, 1.807) is 30.3 Å². The molecular formula is C21H22N2O6S. The fourth-order valence-electron chi connectivity index (χ4n) is 2.75. The SMILES string of the molecule is CC(=N)/C(C(C)=O)=C(/O)COC(=O)c1ccccc1S(=O)(=O)N(C)c1ccccc1. The van der Waals surface area contributed by atoms with Gasteiger partial charge in [-0.1, -0.05) is 30.3 Å². The molecule has 0 amide bonds. The van der Waals surface area contributed by atoms with Gasteiger partial charge in [-0.3, -0.25) is 9.10 Å². The van der Waals surface area contributed by atoms with Crippen LogP contribution in [0.15, 0.2) is 70.8 Å². The Kier molecular flexibility index (Phi) is 7.12. The fourth-order valence-corrected chi connectivity index (χ4v) is 4.13. The first-order valence-corrected chi connectivity index (χ1v) is 10.3. The standard InChI is InChI=1S/C21H22N2O6S/c1-14(22)20(15(2)24)18(25)13-29-21(26)17-11-7-8-12-19(17)30(27,28)23(3)16-9-5-4-6-10-16/h4-12,22,25H,13H2,1-3H3/b20-18-,22-14?. The molecule has 2 rings (SSSR count). The molecular weight excluding hydrogens is 408 g/mol. The Hall–Kier alpha value is -3.46. The van der Waals surface area contributed by atoms with Crippen LogP contribution in [-0.4, -0.2) is 44.6 Å². The number of Topliss-reactive ketones (excluding diaryl/α,β-unsaturated/α-hetero) is 1. The maximum Gasteiger partial charge on any atom is 0.339 e. The van der Waals surface area contributed by atoms with E-state index in [2.05, 4.69) is 0 Å². The molecule has 0 aliphatic heterocycles. The maximum absolute atomic E-state index is 13.1. The number of nitrogens with one attached hydrogen (secondary N) is 1. The first-order chi connectivity index (χ1) is 14.1. The Morgan fingerprint density at radius 3 is 2.17 bits per heavy atom. The summed E-state index contributed by atoms with van der Waals surface area (Å²) in [7, 11) is -2.71. The van der Waals surface area contributed by atoms with Crippen molar-refractivity contribution >= 4 is 33.2 Å². The average Bonchev–Trinajstić information content (AvgIpc) is 2.71. The van der Waals surface area contributed by atoms with Crippen LogP contribution in [0.1, 0.15) is 24.2 Å². The summed E-state index contributed by atoms with van der Waals surface area (Å²) in [6.07, 6.45) is 0. The van der Waals surface area contributed by atoms with Crippen molar-refractivity contribution < 1.29 is 27.9 Å². The van der Waals surface area contributed by atoms with Crippen LogP contribution in [-0.2, 0) is 19.6 Å². The van der Waals surface area contributed by atoms with Gasteiger partial charge in [-0.05, 0) is 38.1 Å². The predicted octanol–water partition coefficient (Wildman–Crippen LogP) is 3.11. The molecule has 2 aromatic carbocycles. The summed E-state index contributed by atoms with van der Waals surface area (Å²) >= 11 is 0. The number of ketones is 1. The van der Waals surface area contributed by atoms with Crippen LogP contribution in [0.4, 0.5) is 5.69 Å². The number of carbonyl (C=O) groups is 2. The lowest BCUT2D eigenvalue weighted by atomic mass is 10.1. The number of para-hydroxylation sites is 1. The van der Waals surface area contributed by atoms with Gasteiger partial charge in [0.15, 0.2) is 5.78 Å². The number of sulfonamides is 1. The number of ether oxygens (including phenoxy) is 1. The van der Waals surface area contributed by atoms with E-state index in [-0.39, 0.29) is 21.7 Å². The molecule has 158 valence electrons. The van der Waals surface area contributed by atoms with Crippen molar-refractivity contribution in [2.45, 2.75) is 18.7 Å². The highest BCUT2D eigenvalue weighted by molar-refractivity contribution is 7.92. The van der Waals surface area contributed by atoms with E-state index in [1.165, 1.54) is 45.2 Å². The lowest BCUT2D eigenvalue weighted by molar-refractivity contribution is -0.113. The summed E-state index contributed by atoms with van der Waals surface area (Å²) in [6.45, 7) is 1.82. The maximum atomic E-state index is 13.1. The van der Waals surface area contributed by atoms with Crippen molar-refractivity contribution in [1.29, 1.82) is 5.41 Å². The zero-order chi connectivity index (χ0) is 22.5. The molecule has 0 heterocycles. The number of aliphatic hydroxyl groups excluding tert-OH is 1. The molecule has 0 bridgehead atoms. The van der Waals surface area contributed by atoms with Gasteiger partial charge in [0.25, 0.3) is 10.0 Å². The molecule has 0 saturated heterocycles. The lowest BCUT2D eigenvalue weighted by Gasteiger charge is -2.20. The molecule has 0 aromatic heterocycles. The van der Waals surface area contributed by atoms with Gasteiger partial charge >= 0.3 is 5.97 Å². The van der Waals surface area contributed by atoms with Crippen molar-refractivity contribution in [3.63, 3.8) is 0 Å². The Balaban J connectivity index is 2.35. The number of rotatable bonds is 8. The fraction of sp³-hybridized carbons (Fsp3) is 0.190. The molecule has 8 nitrogen and oxygen atoms in total. The second-order valence-corrected chi connectivity index (χ2v) is 8.32. The first kappa shape index (κ1) is 22.8. The van der Waals surface area contributed by atoms with Gasteiger partial charge in [0.2, 0.25) is 0 Å². The number of hydrogen-bond acceptors (Lipinski definition) is 7. The van der Waals surface area contributed by atoms with Gasteiger partial charge < -0.3 is 15.3 Å². The summed E-state index contributed by atoms with van der Waals surface area (Å²) in [6, 6.07) is 13.9. The minimum Gasteiger partial charge on any atom is -0.508 e. The monoisotopic (exact) mass is 430 g/mol. The second-order valence-electron chi connectivity index (χ2n) is 6.38. The number of allylic oxidation sites excluding steroid dienone is 1. The summed E-state index contributed by atoms with van der Waals surface area (Å²) < 4.78 is 32.2. The third kappa shape index (κ3) is 4.93. The molecule has 30 heavy (non-hydrogen) atoms. The number of anilines is 1. The van der Waals surface area contributed by atoms with Crippen LogP contribution in [0.25, 0.3) is 0 Å². The summed E-state index contributed by atoms with van der Waals surface area (Å²) in [5, 5.41) is 17.6. The molecule has 0 atom stereocenters. The van der Waals surface area contributed by atoms with Crippen LogP contribution < -0.4 is 4.31 Å². The average molecular weight is 430 g/mol. The molecule has 0 unspecified atom stereocenters. The van der Waals surface area contributed by atoms with Gasteiger partial charge in [0.05, 0.1) is 16.8 Å². The van der Waals surface area contributed by atoms with Crippen LogP contribution in [0.2, 0.25) is 0 Å². The highest BCUT2D eigenvalue weighted by atomic mass is 32.2. The molecule has 9 heteroatoms. The third-order valence-corrected chi connectivity index (χ3v) is 6.06. The number of esters is 1. The first-order valence-electron chi connectivity index (χ1n) is 8.86. The Bertz CT molecular complexity index is 1090. The molecule has 0 fully saturated rings. The van der Waals surface area contributed by atoms with Crippen LogP contribution >= 0.6 is 0 Å².